The molecule has 0 N–H and O–H groups in total. The van der Waals surface area contributed by atoms with E-state index < -0.39 is 0 Å². The van der Waals surface area contributed by atoms with Gasteiger partial charge in [0.2, 0.25) is 0 Å². The number of hydrogen-bond acceptors (Lipinski definition) is 6. The molecule has 7 aromatic carbocycles. The third-order valence-electron chi connectivity index (χ3n) is 9.91. The fraction of sp³-hybridized carbons (Fsp3) is 0. The first kappa shape index (κ1) is 29.4. The summed E-state index contributed by atoms with van der Waals surface area (Å²) >= 11 is 3.64. The zero-order chi connectivity index (χ0) is 34.2. The summed E-state index contributed by atoms with van der Waals surface area (Å²) in [5.41, 5.74) is 5.76. The minimum Gasteiger partial charge on any atom is -0.247 e. The maximum Gasteiger partial charge on any atom is 0.164 e. The summed E-state index contributed by atoms with van der Waals surface area (Å²) in [5, 5.41) is 8.55. The first-order valence-electron chi connectivity index (χ1n) is 17.2. The fourth-order valence-corrected chi connectivity index (χ4v) is 9.74. The molecule has 0 amide bonds. The molecule has 4 heterocycles. The lowest BCUT2D eigenvalue weighted by Crippen LogP contribution is -2.00. The van der Waals surface area contributed by atoms with Crippen LogP contribution in [0, 0.1) is 0 Å². The van der Waals surface area contributed by atoms with Crippen molar-refractivity contribution in [2.45, 2.75) is 0 Å². The molecule has 0 aliphatic rings. The van der Waals surface area contributed by atoms with E-state index >= 15 is 0 Å². The number of thiophene rings is 2. The highest BCUT2D eigenvalue weighted by Crippen LogP contribution is 2.44. The predicted octanol–water partition coefficient (Wildman–Crippen LogP) is 13.0. The van der Waals surface area contributed by atoms with Crippen LogP contribution in [0.2, 0.25) is 0 Å². The highest BCUT2D eigenvalue weighted by atomic mass is 32.1. The summed E-state index contributed by atoms with van der Waals surface area (Å²) in [6.07, 6.45) is 0. The average Bonchev–Trinajstić information content (AvgIpc) is 3.79. The largest absolute Gasteiger partial charge is 0.247 e. The molecule has 0 aliphatic heterocycles. The molecule has 0 saturated heterocycles. The molecular weight excluding hydrogens is 673 g/mol. The second kappa shape index (κ2) is 11.6. The Labute approximate surface area is 306 Å². The van der Waals surface area contributed by atoms with E-state index in [2.05, 4.69) is 140 Å². The van der Waals surface area contributed by atoms with Crippen LogP contribution in [0.4, 0.5) is 0 Å². The Bertz CT molecular complexity index is 3180. The maximum absolute atomic E-state index is 5.38. The summed E-state index contributed by atoms with van der Waals surface area (Å²) in [6.45, 7) is 0. The Morgan fingerprint density at radius 1 is 0.308 bits per heavy atom. The summed E-state index contributed by atoms with van der Waals surface area (Å²) < 4.78 is 5.04. The molecule has 4 aromatic heterocycles. The molecule has 52 heavy (non-hydrogen) atoms. The Hall–Kier alpha value is -6.34. The van der Waals surface area contributed by atoms with Gasteiger partial charge in [-0.15, -0.1) is 22.7 Å². The van der Waals surface area contributed by atoms with Crippen molar-refractivity contribution in [3.8, 4) is 45.4 Å². The SMILES string of the molecule is c1ccc(-c2nc(-c3ccc4c(c3)nc(-c3ccccc3)c3ccc5sc6ccccc6c5c34)nc(-c3ccc4c(c3)sc3ccccc34)n2)cc1. The lowest BCUT2D eigenvalue weighted by atomic mass is 9.95. The average molecular weight is 699 g/mol. The number of aromatic nitrogens is 4. The van der Waals surface area contributed by atoms with Gasteiger partial charge >= 0.3 is 0 Å². The van der Waals surface area contributed by atoms with Gasteiger partial charge in [0.05, 0.1) is 11.2 Å². The van der Waals surface area contributed by atoms with Crippen LogP contribution in [0.5, 0.6) is 0 Å². The van der Waals surface area contributed by atoms with Crippen LogP contribution in [0.25, 0.3) is 107 Å². The van der Waals surface area contributed by atoms with E-state index in [4.69, 9.17) is 19.9 Å². The Balaban J connectivity index is 1.16. The van der Waals surface area contributed by atoms with Gasteiger partial charge in [0.25, 0.3) is 0 Å². The number of pyridine rings is 1. The number of benzene rings is 7. The second-order valence-electron chi connectivity index (χ2n) is 13.0. The van der Waals surface area contributed by atoms with Crippen molar-refractivity contribution in [3.63, 3.8) is 0 Å². The molecule has 0 bridgehead atoms. The van der Waals surface area contributed by atoms with Crippen molar-refractivity contribution < 1.29 is 0 Å². The van der Waals surface area contributed by atoms with E-state index in [1.54, 1.807) is 11.3 Å². The molecule has 4 nitrogen and oxygen atoms in total. The van der Waals surface area contributed by atoms with E-state index in [0.29, 0.717) is 17.5 Å². The molecule has 0 atom stereocenters. The summed E-state index contributed by atoms with van der Waals surface area (Å²) in [6, 6.07) is 55.5. The van der Waals surface area contributed by atoms with E-state index in [0.717, 1.165) is 44.2 Å². The van der Waals surface area contributed by atoms with Crippen LogP contribution in [-0.4, -0.2) is 19.9 Å². The normalized spacial score (nSPS) is 11.8. The maximum atomic E-state index is 5.38. The van der Waals surface area contributed by atoms with Crippen LogP contribution < -0.4 is 0 Å². The van der Waals surface area contributed by atoms with Gasteiger partial charge in [-0.05, 0) is 30.3 Å². The third-order valence-corrected chi connectivity index (χ3v) is 12.2. The second-order valence-corrected chi connectivity index (χ2v) is 15.2. The van der Waals surface area contributed by atoms with Crippen LogP contribution in [-0.2, 0) is 0 Å². The lowest BCUT2D eigenvalue weighted by molar-refractivity contribution is 1.07. The molecule has 0 spiro atoms. The molecule has 6 heteroatoms. The Morgan fingerprint density at radius 3 is 1.60 bits per heavy atom. The fourth-order valence-electron chi connectivity index (χ4n) is 7.48. The highest BCUT2D eigenvalue weighted by Gasteiger charge is 2.19. The smallest absolute Gasteiger partial charge is 0.164 e. The van der Waals surface area contributed by atoms with Gasteiger partial charge in [0.1, 0.15) is 0 Å². The predicted molar refractivity (Wildman–Crippen MR) is 220 cm³/mol. The monoisotopic (exact) mass is 698 g/mol. The van der Waals surface area contributed by atoms with Crippen molar-refractivity contribution >= 4 is 84.7 Å². The molecule has 0 saturated carbocycles. The van der Waals surface area contributed by atoms with Crippen molar-refractivity contribution in [3.05, 3.63) is 158 Å². The minimum atomic E-state index is 0.615. The molecule has 0 aliphatic carbocycles. The lowest BCUT2D eigenvalue weighted by Gasteiger charge is -2.13. The van der Waals surface area contributed by atoms with Crippen molar-refractivity contribution in [1.82, 2.24) is 19.9 Å². The van der Waals surface area contributed by atoms with Crippen LogP contribution >= 0.6 is 22.7 Å². The molecule has 242 valence electrons. The quantitative estimate of drug-likeness (QED) is 0.172. The third kappa shape index (κ3) is 4.65. The van der Waals surface area contributed by atoms with Gasteiger partial charge in [0, 0.05) is 78.8 Å². The zero-order valence-electron chi connectivity index (χ0n) is 27.6. The summed E-state index contributed by atoms with van der Waals surface area (Å²) in [4.78, 5) is 20.7. The number of hydrogen-bond donors (Lipinski definition) is 0. The summed E-state index contributed by atoms with van der Waals surface area (Å²) in [5.74, 6) is 1.90. The Morgan fingerprint density at radius 2 is 0.846 bits per heavy atom. The van der Waals surface area contributed by atoms with Crippen LogP contribution in [0.1, 0.15) is 0 Å². The molecule has 0 unspecified atom stereocenters. The first-order valence-corrected chi connectivity index (χ1v) is 18.9. The van der Waals surface area contributed by atoms with Crippen molar-refractivity contribution in [2.75, 3.05) is 0 Å². The van der Waals surface area contributed by atoms with Crippen LogP contribution in [0.3, 0.4) is 0 Å². The number of nitrogens with zero attached hydrogens (tertiary/aromatic N) is 4. The van der Waals surface area contributed by atoms with Gasteiger partial charge in [-0.3, -0.25) is 0 Å². The van der Waals surface area contributed by atoms with Gasteiger partial charge in [0.15, 0.2) is 17.5 Å². The van der Waals surface area contributed by atoms with Crippen LogP contribution in [0.15, 0.2) is 158 Å². The van der Waals surface area contributed by atoms with Gasteiger partial charge in [-0.1, -0.05) is 127 Å². The van der Waals surface area contributed by atoms with Crippen molar-refractivity contribution in [1.29, 1.82) is 0 Å². The Kier molecular flexibility index (Phi) is 6.56. The molecule has 11 aromatic rings. The first-order chi connectivity index (χ1) is 25.7. The van der Waals surface area contributed by atoms with E-state index in [-0.39, 0.29) is 0 Å². The number of fused-ring (bicyclic) bond motifs is 10. The van der Waals surface area contributed by atoms with Gasteiger partial charge < -0.3 is 0 Å². The van der Waals surface area contributed by atoms with Gasteiger partial charge in [-0.25, -0.2) is 19.9 Å². The molecule has 0 fully saturated rings. The topological polar surface area (TPSA) is 51.6 Å². The van der Waals surface area contributed by atoms with Crippen molar-refractivity contribution in [2.24, 2.45) is 0 Å². The molecular formula is C46H26N4S2. The number of rotatable bonds is 4. The van der Waals surface area contributed by atoms with Gasteiger partial charge in [-0.2, -0.15) is 0 Å². The highest BCUT2D eigenvalue weighted by molar-refractivity contribution is 7.26. The standard InChI is InChI=1S/C46H26N4S2/c1-3-11-27(12-4-1)43-35-23-24-39-42(34-16-8-10-18-38(34)51-39)41(35)33-22-20-29(25-36(33)47-43)45-48-44(28-13-5-2-6-14-28)49-46(50-45)30-19-21-32-31-15-7-9-17-37(31)52-40(32)26-30/h1-26H. The minimum absolute atomic E-state index is 0.615. The summed E-state index contributed by atoms with van der Waals surface area (Å²) in [7, 11) is 0. The molecule has 11 rings (SSSR count). The van der Waals surface area contributed by atoms with E-state index in [9.17, 15) is 0 Å². The zero-order valence-corrected chi connectivity index (χ0v) is 29.2. The van der Waals surface area contributed by atoms with E-state index in [1.165, 1.54) is 45.7 Å². The molecule has 0 radical (unpaired) electrons. The van der Waals surface area contributed by atoms with E-state index in [1.807, 2.05) is 29.5 Å².